The highest BCUT2D eigenvalue weighted by Crippen LogP contribution is 2.45. The van der Waals surface area contributed by atoms with Crippen molar-refractivity contribution in [1.29, 1.82) is 5.26 Å². The van der Waals surface area contributed by atoms with E-state index in [0.29, 0.717) is 43.3 Å². The zero-order chi connectivity index (χ0) is 38.2. The van der Waals surface area contributed by atoms with Crippen LogP contribution in [-0.2, 0) is 39.5 Å². The number of aliphatic carboxylic acids is 1. The Morgan fingerprint density at radius 2 is 2.04 bits per heavy atom. The predicted molar refractivity (Wildman–Crippen MR) is 200 cm³/mol. The number of methoxy groups -OCH3 is 1. The van der Waals surface area contributed by atoms with E-state index in [4.69, 9.17) is 30.5 Å². The van der Waals surface area contributed by atoms with Gasteiger partial charge in [-0.1, -0.05) is 48.9 Å². The Hall–Kier alpha value is -4.97. The molecule has 282 valence electrons. The van der Waals surface area contributed by atoms with Gasteiger partial charge in [0.25, 0.3) is 5.91 Å². The molecule has 4 atom stereocenters. The van der Waals surface area contributed by atoms with Crippen LogP contribution in [0.25, 0.3) is 16.7 Å². The lowest BCUT2D eigenvalue weighted by Gasteiger charge is -2.38. The van der Waals surface area contributed by atoms with E-state index in [1.807, 2.05) is 49.4 Å². The van der Waals surface area contributed by atoms with Gasteiger partial charge in [-0.3, -0.25) is 14.6 Å². The molecule has 2 unspecified atom stereocenters. The molecule has 1 saturated heterocycles. The molecule has 0 radical (unpaired) electrons. The van der Waals surface area contributed by atoms with E-state index in [1.165, 1.54) is 0 Å². The lowest BCUT2D eigenvalue weighted by atomic mass is 9.74. The van der Waals surface area contributed by atoms with Crippen molar-refractivity contribution in [3.05, 3.63) is 111 Å². The smallest absolute Gasteiger partial charge is 0.303 e. The van der Waals surface area contributed by atoms with Gasteiger partial charge in [0.15, 0.2) is 5.58 Å². The number of carbonyl (C=O) groups excluding carboxylic acids is 1. The van der Waals surface area contributed by atoms with Crippen molar-refractivity contribution in [3.8, 4) is 6.07 Å². The van der Waals surface area contributed by atoms with Gasteiger partial charge in [0.05, 0.1) is 25.2 Å². The summed E-state index contributed by atoms with van der Waals surface area (Å²) in [6, 6.07) is 14.8. The van der Waals surface area contributed by atoms with Gasteiger partial charge < -0.3 is 34.9 Å². The lowest BCUT2D eigenvalue weighted by Crippen LogP contribution is -2.50. The van der Waals surface area contributed by atoms with Crippen LogP contribution in [0.15, 0.2) is 71.3 Å². The molecule has 0 bridgehead atoms. The molecule has 4 N–H and O–H groups in total. The standard InChI is InChI=1S/C40H42ClFN6O6/c1-24-30(31-6-3-4-8-32(31)41)7-5-10-40(24,48-38(51)35-16-27(22-52-2)29(21-46-35)20-44-12-11-42)39-47-34-15-25(14-26(18-43)37(34)54-39)19-45-33-9-13-53-23-28(33)17-36(49)50/h3-8,10,14-16,21,24,28,33,44-45H,9,11-13,17,19-20,22-23H2,1-2H3,(H,48,51)(H,49,50)/t24?,28-,33+,40?/m0/s1. The number of nitrogens with one attached hydrogen (secondary N) is 3. The number of amides is 1. The fraction of sp³-hybridized carbons (Fsp3) is 0.375. The summed E-state index contributed by atoms with van der Waals surface area (Å²) in [6.07, 6.45) is 7.80. The number of ether oxygens (including phenoxy) is 2. The molecule has 2 aromatic heterocycles. The van der Waals surface area contributed by atoms with Crippen LogP contribution in [0.2, 0.25) is 5.02 Å². The maximum absolute atomic E-state index is 14.3. The van der Waals surface area contributed by atoms with Crippen LogP contribution in [-0.4, -0.2) is 66.5 Å². The molecular weight excluding hydrogens is 715 g/mol. The second kappa shape index (κ2) is 17.4. The van der Waals surface area contributed by atoms with Gasteiger partial charge in [-0.15, -0.1) is 0 Å². The summed E-state index contributed by atoms with van der Waals surface area (Å²) in [5.74, 6) is -1.90. The maximum Gasteiger partial charge on any atom is 0.303 e. The van der Waals surface area contributed by atoms with Crippen molar-refractivity contribution in [2.75, 3.05) is 33.5 Å². The normalized spacial score (nSPS) is 21.1. The fourth-order valence-electron chi connectivity index (χ4n) is 7.15. The van der Waals surface area contributed by atoms with Crippen molar-refractivity contribution in [2.45, 2.75) is 51.0 Å². The van der Waals surface area contributed by atoms with Crippen LogP contribution >= 0.6 is 11.6 Å². The number of nitriles is 1. The molecule has 1 fully saturated rings. The number of aromatic nitrogens is 2. The molecule has 0 saturated carbocycles. The minimum absolute atomic E-state index is 0.0119. The monoisotopic (exact) mass is 756 g/mol. The van der Waals surface area contributed by atoms with Gasteiger partial charge in [-0.25, -0.2) is 9.37 Å². The number of pyridine rings is 1. The summed E-state index contributed by atoms with van der Waals surface area (Å²) in [7, 11) is 1.55. The first kappa shape index (κ1) is 38.7. The van der Waals surface area contributed by atoms with E-state index in [0.717, 1.165) is 27.8 Å². The molecule has 2 aromatic carbocycles. The number of benzene rings is 2. The fourth-order valence-corrected chi connectivity index (χ4v) is 7.39. The van der Waals surface area contributed by atoms with Crippen molar-refractivity contribution in [1.82, 2.24) is 25.9 Å². The number of alkyl halides is 1. The van der Waals surface area contributed by atoms with Crippen LogP contribution in [0.5, 0.6) is 0 Å². The Kier molecular flexibility index (Phi) is 12.5. The third-order valence-corrected chi connectivity index (χ3v) is 10.3. The molecule has 1 aliphatic carbocycles. The van der Waals surface area contributed by atoms with Gasteiger partial charge in [-0.05, 0) is 64.6 Å². The lowest BCUT2D eigenvalue weighted by molar-refractivity contribution is -0.139. The summed E-state index contributed by atoms with van der Waals surface area (Å²) < 4.78 is 30.2. The highest BCUT2D eigenvalue weighted by molar-refractivity contribution is 6.32. The Morgan fingerprint density at radius 1 is 1.20 bits per heavy atom. The number of hydrogen-bond donors (Lipinski definition) is 4. The molecule has 6 rings (SSSR count). The number of halogens is 2. The van der Waals surface area contributed by atoms with E-state index in [-0.39, 0.29) is 54.3 Å². The van der Waals surface area contributed by atoms with E-state index in [1.54, 1.807) is 31.5 Å². The molecule has 12 nitrogen and oxygen atoms in total. The van der Waals surface area contributed by atoms with Crippen molar-refractivity contribution >= 4 is 40.2 Å². The number of carboxylic acid groups (broad SMARTS) is 1. The Balaban J connectivity index is 1.38. The molecule has 4 aromatic rings. The number of allylic oxidation sites excluding steroid dienone is 2. The van der Waals surface area contributed by atoms with Gasteiger partial charge in [0.1, 0.15) is 29.5 Å². The van der Waals surface area contributed by atoms with Gasteiger partial charge >= 0.3 is 5.97 Å². The summed E-state index contributed by atoms with van der Waals surface area (Å²) in [5, 5.41) is 29.8. The second-order valence-corrected chi connectivity index (χ2v) is 13.9. The zero-order valence-electron chi connectivity index (χ0n) is 30.0. The number of oxazole rings is 1. The van der Waals surface area contributed by atoms with Gasteiger partial charge in [0.2, 0.25) is 5.89 Å². The van der Waals surface area contributed by atoms with Gasteiger partial charge in [0, 0.05) is 62.4 Å². The molecule has 1 aliphatic heterocycles. The van der Waals surface area contributed by atoms with E-state index >= 15 is 0 Å². The van der Waals surface area contributed by atoms with Crippen molar-refractivity contribution in [3.63, 3.8) is 0 Å². The third kappa shape index (κ3) is 8.38. The summed E-state index contributed by atoms with van der Waals surface area (Å²) in [5.41, 5.74) is 3.56. The Morgan fingerprint density at radius 3 is 2.80 bits per heavy atom. The molecule has 0 spiro atoms. The molecule has 1 amide bonds. The van der Waals surface area contributed by atoms with E-state index in [9.17, 15) is 24.3 Å². The molecule has 54 heavy (non-hydrogen) atoms. The average Bonchev–Trinajstić information content (AvgIpc) is 3.61. The largest absolute Gasteiger partial charge is 0.481 e. The van der Waals surface area contributed by atoms with Crippen molar-refractivity contribution < 1.29 is 33.0 Å². The minimum atomic E-state index is -1.36. The number of carbonyl (C=O) groups is 2. The first-order valence-electron chi connectivity index (χ1n) is 17.7. The first-order valence-corrected chi connectivity index (χ1v) is 18.1. The highest BCUT2D eigenvalue weighted by atomic mass is 35.5. The topological polar surface area (TPSA) is 172 Å². The number of nitrogens with zero attached hydrogens (tertiary/aromatic N) is 3. The Bertz CT molecular complexity index is 2110. The third-order valence-electron chi connectivity index (χ3n) is 10.00. The molecule has 3 heterocycles. The quantitative estimate of drug-likeness (QED) is 0.108. The first-order chi connectivity index (χ1) is 26.2. The summed E-state index contributed by atoms with van der Waals surface area (Å²) >= 11 is 6.69. The maximum atomic E-state index is 14.3. The van der Waals surface area contributed by atoms with Crippen LogP contribution in [0, 0.1) is 23.2 Å². The van der Waals surface area contributed by atoms with Crippen LogP contribution in [0.1, 0.15) is 64.0 Å². The zero-order valence-corrected chi connectivity index (χ0v) is 30.8. The number of hydrogen-bond acceptors (Lipinski definition) is 10. The SMILES string of the molecule is COCc1cc(C(=O)NC2(c3nc4cc(CN[C@@H]5CCOC[C@@H]5CC(=O)O)cc(C#N)c4o3)C=CC=C(c3ccccc3Cl)C2C)ncc1CNCCF. The number of fused-ring (bicyclic) bond motifs is 1. The minimum Gasteiger partial charge on any atom is -0.481 e. The Labute approximate surface area is 317 Å². The average molecular weight is 757 g/mol. The molecule has 2 aliphatic rings. The van der Waals surface area contributed by atoms with E-state index < -0.39 is 30.0 Å². The van der Waals surface area contributed by atoms with Crippen molar-refractivity contribution in [2.24, 2.45) is 11.8 Å². The van der Waals surface area contributed by atoms with E-state index in [2.05, 4.69) is 27.0 Å². The number of carboxylic acids is 1. The van der Waals surface area contributed by atoms with Crippen LogP contribution in [0.4, 0.5) is 4.39 Å². The molecular formula is C40H42ClFN6O6. The van der Waals surface area contributed by atoms with Gasteiger partial charge in [-0.2, -0.15) is 5.26 Å². The predicted octanol–water partition coefficient (Wildman–Crippen LogP) is 5.84. The van der Waals surface area contributed by atoms with Crippen LogP contribution in [0.3, 0.4) is 0 Å². The summed E-state index contributed by atoms with van der Waals surface area (Å²) in [6.45, 7) is 3.42. The molecule has 14 heteroatoms. The highest BCUT2D eigenvalue weighted by Gasteiger charge is 2.46. The number of rotatable bonds is 15. The second-order valence-electron chi connectivity index (χ2n) is 13.5. The van der Waals surface area contributed by atoms with Crippen LogP contribution < -0.4 is 16.0 Å². The summed E-state index contributed by atoms with van der Waals surface area (Å²) in [4.78, 5) is 35.1.